The summed E-state index contributed by atoms with van der Waals surface area (Å²) < 4.78 is 26.0. The number of nitrogens with zero attached hydrogens (tertiary/aromatic N) is 2. The molecule has 0 aromatic heterocycles. The van der Waals surface area contributed by atoms with Crippen molar-refractivity contribution in [2.24, 2.45) is 0 Å². The number of nitrogens with one attached hydrogen (secondary N) is 1. The van der Waals surface area contributed by atoms with Gasteiger partial charge in [-0.3, -0.25) is 4.90 Å². The van der Waals surface area contributed by atoms with Crippen LogP contribution in [0.15, 0.2) is 18.2 Å². The molecule has 1 saturated heterocycles. The van der Waals surface area contributed by atoms with E-state index in [1.807, 2.05) is 0 Å². The summed E-state index contributed by atoms with van der Waals surface area (Å²) in [6.45, 7) is 14.4. The highest BCUT2D eigenvalue weighted by atomic mass is 19.1. The molecule has 3 nitrogen and oxygen atoms in total. The van der Waals surface area contributed by atoms with Crippen molar-refractivity contribution < 1.29 is 8.78 Å². The third-order valence-electron chi connectivity index (χ3n) is 3.96. The molecule has 1 aromatic rings. The zero-order chi connectivity index (χ0) is 16.4. The van der Waals surface area contributed by atoms with Crippen LogP contribution in [0.2, 0.25) is 0 Å². The molecule has 0 amide bonds. The van der Waals surface area contributed by atoms with Crippen molar-refractivity contribution in [1.82, 2.24) is 15.1 Å². The summed E-state index contributed by atoms with van der Waals surface area (Å²) in [5, 5.41) is 3.23. The Bertz CT molecular complexity index is 411. The van der Waals surface area contributed by atoms with Crippen LogP contribution in [0.5, 0.6) is 0 Å². The smallest absolute Gasteiger partial charge is 0.130 e. The van der Waals surface area contributed by atoms with Crippen LogP contribution >= 0.6 is 0 Å². The molecule has 0 radical (unpaired) electrons. The van der Waals surface area contributed by atoms with Gasteiger partial charge in [0.1, 0.15) is 11.6 Å². The van der Waals surface area contributed by atoms with Crippen LogP contribution < -0.4 is 5.32 Å². The summed E-state index contributed by atoms with van der Waals surface area (Å²) >= 11 is 0. The van der Waals surface area contributed by atoms with E-state index in [2.05, 4.69) is 35.9 Å². The van der Waals surface area contributed by atoms with Crippen molar-refractivity contribution in [1.29, 1.82) is 0 Å². The fourth-order valence-electron chi connectivity index (χ4n) is 2.43. The standard InChI is InChI=1S/C11H14F2N2.C6H15N/c12-10-2-1-9(11(13)7-10)8-15-5-3-14-4-6-15;1-4-7(5-2)6-3/h1-2,7,14H,3-6,8H2;4-6H2,1-3H3. The van der Waals surface area contributed by atoms with E-state index in [9.17, 15) is 8.78 Å². The van der Waals surface area contributed by atoms with Crippen molar-refractivity contribution in [3.8, 4) is 0 Å². The minimum Gasteiger partial charge on any atom is -0.314 e. The summed E-state index contributed by atoms with van der Waals surface area (Å²) in [7, 11) is 0. The average molecular weight is 313 g/mol. The molecule has 1 heterocycles. The molecule has 2 rings (SSSR count). The highest BCUT2D eigenvalue weighted by molar-refractivity contribution is 5.18. The van der Waals surface area contributed by atoms with Crippen LogP contribution in [0, 0.1) is 11.6 Å². The van der Waals surface area contributed by atoms with E-state index in [1.54, 1.807) is 0 Å². The second-order valence-electron chi connectivity index (χ2n) is 5.38. The number of halogens is 2. The third-order valence-corrected chi connectivity index (χ3v) is 3.96. The van der Waals surface area contributed by atoms with Gasteiger partial charge in [0.2, 0.25) is 0 Å². The second-order valence-corrected chi connectivity index (χ2v) is 5.38. The van der Waals surface area contributed by atoms with Gasteiger partial charge in [0.25, 0.3) is 0 Å². The summed E-state index contributed by atoms with van der Waals surface area (Å²) in [4.78, 5) is 4.53. The van der Waals surface area contributed by atoms with Gasteiger partial charge in [-0.15, -0.1) is 0 Å². The van der Waals surface area contributed by atoms with E-state index >= 15 is 0 Å². The Morgan fingerprint density at radius 1 is 1.05 bits per heavy atom. The van der Waals surface area contributed by atoms with Crippen LogP contribution in [0.25, 0.3) is 0 Å². The van der Waals surface area contributed by atoms with Gasteiger partial charge in [-0.05, 0) is 25.7 Å². The normalized spacial score (nSPS) is 15.5. The van der Waals surface area contributed by atoms with Crippen molar-refractivity contribution in [2.75, 3.05) is 45.8 Å². The molecule has 1 aliphatic rings. The lowest BCUT2D eigenvalue weighted by Gasteiger charge is -2.27. The monoisotopic (exact) mass is 313 g/mol. The summed E-state index contributed by atoms with van der Waals surface area (Å²) in [6, 6.07) is 3.77. The van der Waals surface area contributed by atoms with Crippen molar-refractivity contribution in [3.63, 3.8) is 0 Å². The van der Waals surface area contributed by atoms with Crippen molar-refractivity contribution in [3.05, 3.63) is 35.4 Å². The fourth-order valence-corrected chi connectivity index (χ4v) is 2.43. The Hall–Kier alpha value is -1.04. The van der Waals surface area contributed by atoms with Crippen LogP contribution in [-0.2, 0) is 6.54 Å². The lowest BCUT2D eigenvalue weighted by Crippen LogP contribution is -2.43. The molecule has 1 aliphatic heterocycles. The van der Waals surface area contributed by atoms with Gasteiger partial charge in [0.05, 0.1) is 0 Å². The van der Waals surface area contributed by atoms with E-state index in [-0.39, 0.29) is 0 Å². The molecule has 0 atom stereocenters. The molecule has 126 valence electrons. The van der Waals surface area contributed by atoms with Crippen molar-refractivity contribution >= 4 is 0 Å². The highest BCUT2D eigenvalue weighted by Crippen LogP contribution is 2.12. The van der Waals surface area contributed by atoms with E-state index in [4.69, 9.17) is 0 Å². The fraction of sp³-hybridized carbons (Fsp3) is 0.647. The SMILES string of the molecule is CCN(CC)CC.Fc1ccc(CN2CCNCC2)c(F)c1. The molecule has 0 saturated carbocycles. The molecule has 5 heteroatoms. The largest absolute Gasteiger partial charge is 0.314 e. The molecular formula is C17H29F2N3. The third kappa shape index (κ3) is 6.81. The number of piperazine rings is 1. The molecule has 0 bridgehead atoms. The highest BCUT2D eigenvalue weighted by Gasteiger charge is 2.12. The maximum atomic E-state index is 13.3. The number of hydrogen-bond donors (Lipinski definition) is 1. The predicted octanol–water partition coefficient (Wildman–Crippen LogP) is 2.72. The summed E-state index contributed by atoms with van der Waals surface area (Å²) in [5.74, 6) is -0.968. The molecule has 1 aromatic carbocycles. The zero-order valence-electron chi connectivity index (χ0n) is 14.0. The molecule has 0 spiro atoms. The maximum Gasteiger partial charge on any atom is 0.130 e. The van der Waals surface area contributed by atoms with Gasteiger partial charge < -0.3 is 10.2 Å². The van der Waals surface area contributed by atoms with Gasteiger partial charge in [0.15, 0.2) is 0 Å². The topological polar surface area (TPSA) is 18.5 Å². The molecule has 1 fully saturated rings. The Kier molecular flexibility index (Phi) is 9.20. The van der Waals surface area contributed by atoms with Gasteiger partial charge in [0, 0.05) is 44.4 Å². The van der Waals surface area contributed by atoms with E-state index < -0.39 is 11.6 Å². The van der Waals surface area contributed by atoms with Crippen LogP contribution in [0.4, 0.5) is 8.78 Å². The predicted molar refractivity (Wildman–Crippen MR) is 88.0 cm³/mol. The number of rotatable bonds is 5. The van der Waals surface area contributed by atoms with Gasteiger partial charge >= 0.3 is 0 Å². The van der Waals surface area contributed by atoms with E-state index in [0.717, 1.165) is 32.2 Å². The first-order valence-electron chi connectivity index (χ1n) is 8.20. The van der Waals surface area contributed by atoms with Crippen LogP contribution in [0.3, 0.4) is 0 Å². The lowest BCUT2D eigenvalue weighted by molar-refractivity contribution is 0.230. The molecule has 22 heavy (non-hydrogen) atoms. The minimum atomic E-state index is -0.517. The average Bonchev–Trinajstić information content (AvgIpc) is 2.53. The Morgan fingerprint density at radius 3 is 2.09 bits per heavy atom. The van der Waals surface area contributed by atoms with Gasteiger partial charge in [-0.2, -0.15) is 0 Å². The summed E-state index contributed by atoms with van der Waals surface area (Å²) in [6.07, 6.45) is 0. The first-order valence-corrected chi connectivity index (χ1v) is 8.20. The molecular weight excluding hydrogens is 284 g/mol. The lowest BCUT2D eigenvalue weighted by atomic mass is 10.2. The summed E-state index contributed by atoms with van der Waals surface area (Å²) in [5.41, 5.74) is 0.568. The number of benzene rings is 1. The Labute approximate surface area is 133 Å². The van der Waals surface area contributed by atoms with Crippen LogP contribution in [-0.4, -0.2) is 55.6 Å². The first-order chi connectivity index (χ1) is 10.6. The Balaban J connectivity index is 0.000000295. The quantitative estimate of drug-likeness (QED) is 0.902. The molecule has 0 aliphatic carbocycles. The maximum absolute atomic E-state index is 13.3. The first kappa shape index (κ1) is 19.0. The van der Waals surface area contributed by atoms with Gasteiger partial charge in [-0.25, -0.2) is 8.78 Å². The Morgan fingerprint density at radius 2 is 1.64 bits per heavy atom. The molecule has 1 N–H and O–H groups in total. The van der Waals surface area contributed by atoms with Crippen LogP contribution in [0.1, 0.15) is 26.3 Å². The van der Waals surface area contributed by atoms with Gasteiger partial charge in [-0.1, -0.05) is 26.8 Å². The van der Waals surface area contributed by atoms with E-state index in [1.165, 1.54) is 31.8 Å². The zero-order valence-corrected chi connectivity index (χ0v) is 14.0. The van der Waals surface area contributed by atoms with Crippen molar-refractivity contribution in [2.45, 2.75) is 27.3 Å². The minimum absolute atomic E-state index is 0.450. The molecule has 0 unspecified atom stereocenters. The number of hydrogen-bond acceptors (Lipinski definition) is 3. The second kappa shape index (κ2) is 10.6. The van der Waals surface area contributed by atoms with E-state index in [0.29, 0.717) is 12.1 Å².